The van der Waals surface area contributed by atoms with Crippen LogP contribution in [-0.2, 0) is 4.79 Å². The molecule has 130 valence electrons. The molecule has 10 heteroatoms. The molecule has 1 fully saturated rings. The maximum atomic E-state index is 12.3. The lowest BCUT2D eigenvalue weighted by Crippen LogP contribution is -2.31. The standard InChI is InChI=1S/C14H14F3N3O3S/c1-8-2-3-10(23-5-4-14(15,16)17)9(6-8)20-11(21)7-24-13(20)19-12(18)22/h2-3,6H,4-5,7H2,1H3,(H2,18,22). The molecule has 0 aliphatic carbocycles. The predicted molar refractivity (Wildman–Crippen MR) is 84.3 cm³/mol. The molecule has 0 atom stereocenters. The van der Waals surface area contributed by atoms with Crippen LogP contribution in [0.4, 0.5) is 23.7 Å². The summed E-state index contributed by atoms with van der Waals surface area (Å²) < 4.78 is 42.0. The molecule has 1 aliphatic rings. The van der Waals surface area contributed by atoms with E-state index in [-0.39, 0.29) is 28.3 Å². The average molecular weight is 361 g/mol. The zero-order valence-corrected chi connectivity index (χ0v) is 13.4. The second-order valence-electron chi connectivity index (χ2n) is 4.94. The zero-order valence-electron chi connectivity index (χ0n) is 12.6. The summed E-state index contributed by atoms with van der Waals surface area (Å²) in [7, 11) is 0. The third-order valence-electron chi connectivity index (χ3n) is 2.97. The summed E-state index contributed by atoms with van der Waals surface area (Å²) in [6.07, 6.45) is -5.46. The maximum absolute atomic E-state index is 12.3. The molecule has 0 radical (unpaired) electrons. The highest BCUT2D eigenvalue weighted by molar-refractivity contribution is 8.15. The van der Waals surface area contributed by atoms with Crippen LogP contribution in [0.15, 0.2) is 23.2 Å². The summed E-state index contributed by atoms with van der Waals surface area (Å²) in [6, 6.07) is 3.72. The van der Waals surface area contributed by atoms with Crippen LogP contribution < -0.4 is 15.4 Å². The van der Waals surface area contributed by atoms with Gasteiger partial charge in [-0.05, 0) is 24.6 Å². The number of amides is 3. The fourth-order valence-electron chi connectivity index (χ4n) is 1.98. The normalized spacial score (nSPS) is 16.8. The van der Waals surface area contributed by atoms with Gasteiger partial charge in [0.1, 0.15) is 5.75 Å². The summed E-state index contributed by atoms with van der Waals surface area (Å²) >= 11 is 1.01. The molecule has 0 aromatic heterocycles. The Kier molecular flexibility index (Phi) is 5.37. The van der Waals surface area contributed by atoms with Crippen LogP contribution in [0.2, 0.25) is 0 Å². The number of anilines is 1. The first kappa shape index (κ1) is 18.1. The van der Waals surface area contributed by atoms with Crippen LogP contribution in [0.1, 0.15) is 12.0 Å². The first-order valence-corrected chi connectivity index (χ1v) is 7.80. The molecule has 3 amide bonds. The van der Waals surface area contributed by atoms with Gasteiger partial charge in [0.2, 0.25) is 5.91 Å². The molecule has 2 rings (SSSR count). The summed E-state index contributed by atoms with van der Waals surface area (Å²) in [4.78, 5) is 27.8. The van der Waals surface area contributed by atoms with E-state index >= 15 is 0 Å². The number of aryl methyl sites for hydroxylation is 1. The van der Waals surface area contributed by atoms with Gasteiger partial charge in [-0.2, -0.15) is 18.2 Å². The van der Waals surface area contributed by atoms with E-state index in [9.17, 15) is 22.8 Å². The van der Waals surface area contributed by atoms with E-state index in [1.165, 1.54) is 6.07 Å². The van der Waals surface area contributed by atoms with Crippen LogP contribution in [0.5, 0.6) is 5.75 Å². The third-order valence-corrected chi connectivity index (χ3v) is 3.89. The van der Waals surface area contributed by atoms with E-state index in [4.69, 9.17) is 10.5 Å². The smallest absolute Gasteiger partial charge is 0.392 e. The number of aliphatic imine (C=N–C) groups is 1. The number of carbonyl (C=O) groups excluding carboxylic acids is 2. The topological polar surface area (TPSA) is 85.0 Å². The minimum absolute atomic E-state index is 0.0437. The Morgan fingerprint density at radius 1 is 1.46 bits per heavy atom. The number of halogens is 3. The second kappa shape index (κ2) is 7.12. The van der Waals surface area contributed by atoms with Gasteiger partial charge in [-0.15, -0.1) is 0 Å². The third kappa shape index (κ3) is 4.63. The number of ether oxygens (including phenoxy) is 1. The minimum atomic E-state index is -4.34. The summed E-state index contributed by atoms with van der Waals surface area (Å²) in [5.74, 6) is -0.230. The van der Waals surface area contributed by atoms with Gasteiger partial charge in [0.25, 0.3) is 0 Å². The second-order valence-corrected chi connectivity index (χ2v) is 5.88. The zero-order chi connectivity index (χ0) is 17.9. The molecular weight excluding hydrogens is 347 g/mol. The van der Waals surface area contributed by atoms with E-state index in [1.54, 1.807) is 19.1 Å². The average Bonchev–Trinajstić information content (AvgIpc) is 2.79. The van der Waals surface area contributed by atoms with Crippen molar-refractivity contribution in [2.45, 2.75) is 19.5 Å². The number of amidine groups is 1. The number of hydrogen-bond donors (Lipinski definition) is 1. The van der Waals surface area contributed by atoms with Crippen molar-refractivity contribution in [1.29, 1.82) is 0 Å². The van der Waals surface area contributed by atoms with Crippen molar-refractivity contribution in [2.24, 2.45) is 10.7 Å². The Hall–Kier alpha value is -2.23. The first-order valence-electron chi connectivity index (χ1n) is 6.81. The van der Waals surface area contributed by atoms with Gasteiger partial charge in [-0.1, -0.05) is 17.8 Å². The Balaban J connectivity index is 2.32. The Bertz CT molecular complexity index is 692. The molecule has 2 N–H and O–H groups in total. The quantitative estimate of drug-likeness (QED) is 0.894. The highest BCUT2D eigenvalue weighted by Gasteiger charge is 2.33. The Morgan fingerprint density at radius 2 is 2.17 bits per heavy atom. The van der Waals surface area contributed by atoms with Crippen molar-refractivity contribution in [2.75, 3.05) is 17.3 Å². The fourth-order valence-corrected chi connectivity index (χ4v) is 2.84. The lowest BCUT2D eigenvalue weighted by Gasteiger charge is -2.20. The maximum Gasteiger partial charge on any atom is 0.392 e. The van der Waals surface area contributed by atoms with Gasteiger partial charge < -0.3 is 10.5 Å². The number of urea groups is 1. The minimum Gasteiger partial charge on any atom is -0.491 e. The van der Waals surface area contributed by atoms with E-state index in [1.807, 2.05) is 0 Å². The van der Waals surface area contributed by atoms with Crippen LogP contribution in [0.25, 0.3) is 0 Å². The molecule has 0 bridgehead atoms. The Labute approximate surface area is 139 Å². The Morgan fingerprint density at radius 3 is 2.79 bits per heavy atom. The number of thioether (sulfide) groups is 1. The van der Waals surface area contributed by atoms with E-state index in [2.05, 4.69) is 4.99 Å². The molecule has 0 spiro atoms. The van der Waals surface area contributed by atoms with E-state index < -0.39 is 25.2 Å². The number of rotatable bonds is 4. The van der Waals surface area contributed by atoms with Crippen LogP contribution in [-0.4, -0.2) is 35.6 Å². The van der Waals surface area contributed by atoms with Gasteiger partial charge in [-0.3, -0.25) is 9.69 Å². The lowest BCUT2D eigenvalue weighted by atomic mass is 10.2. The molecule has 1 aliphatic heterocycles. The SMILES string of the molecule is Cc1ccc(OCCC(F)(F)F)c(N2C(=O)CSC2=NC(N)=O)c1. The molecule has 6 nitrogen and oxygen atoms in total. The number of hydrogen-bond acceptors (Lipinski definition) is 4. The van der Waals surface area contributed by atoms with Crippen LogP contribution in [0.3, 0.4) is 0 Å². The molecule has 1 saturated heterocycles. The number of nitrogens with two attached hydrogens (primary N) is 1. The number of primary amides is 1. The summed E-state index contributed by atoms with van der Waals surface area (Å²) in [6.45, 7) is 1.17. The molecule has 0 saturated carbocycles. The molecular formula is C14H14F3N3O3S. The van der Waals surface area contributed by atoms with Crippen molar-refractivity contribution in [3.8, 4) is 5.75 Å². The molecule has 1 heterocycles. The van der Waals surface area contributed by atoms with Crippen molar-refractivity contribution in [3.63, 3.8) is 0 Å². The molecule has 1 aromatic rings. The summed E-state index contributed by atoms with van der Waals surface area (Å²) in [5.41, 5.74) is 6.01. The van der Waals surface area contributed by atoms with Crippen LogP contribution >= 0.6 is 11.8 Å². The molecule has 0 unspecified atom stereocenters. The van der Waals surface area contributed by atoms with Crippen molar-refractivity contribution in [3.05, 3.63) is 23.8 Å². The van der Waals surface area contributed by atoms with Gasteiger partial charge in [0.15, 0.2) is 5.17 Å². The van der Waals surface area contributed by atoms with Gasteiger partial charge >= 0.3 is 12.2 Å². The fraction of sp³-hybridized carbons (Fsp3) is 0.357. The monoisotopic (exact) mass is 361 g/mol. The summed E-state index contributed by atoms with van der Waals surface area (Å²) in [5, 5.41) is 0.0683. The van der Waals surface area contributed by atoms with Crippen LogP contribution in [0, 0.1) is 6.92 Å². The highest BCUT2D eigenvalue weighted by atomic mass is 32.2. The largest absolute Gasteiger partial charge is 0.491 e. The van der Waals surface area contributed by atoms with Gasteiger partial charge in [-0.25, -0.2) is 4.79 Å². The molecule has 24 heavy (non-hydrogen) atoms. The van der Waals surface area contributed by atoms with Gasteiger partial charge in [0, 0.05) is 0 Å². The lowest BCUT2D eigenvalue weighted by molar-refractivity contribution is -0.139. The number of carbonyl (C=O) groups is 2. The van der Waals surface area contributed by atoms with Crippen molar-refractivity contribution in [1.82, 2.24) is 0 Å². The van der Waals surface area contributed by atoms with E-state index in [0.29, 0.717) is 0 Å². The number of benzene rings is 1. The number of nitrogens with zero attached hydrogens (tertiary/aromatic N) is 2. The predicted octanol–water partition coefficient (Wildman–Crippen LogP) is 2.84. The highest BCUT2D eigenvalue weighted by Crippen LogP contribution is 2.35. The van der Waals surface area contributed by atoms with Crippen molar-refractivity contribution >= 4 is 34.6 Å². The number of alkyl halides is 3. The van der Waals surface area contributed by atoms with Gasteiger partial charge in [0.05, 0.1) is 24.5 Å². The first-order chi connectivity index (χ1) is 11.2. The molecule has 1 aromatic carbocycles. The van der Waals surface area contributed by atoms with Crippen molar-refractivity contribution < 1.29 is 27.5 Å². The van der Waals surface area contributed by atoms with E-state index in [0.717, 1.165) is 22.2 Å².